The van der Waals surface area contributed by atoms with Crippen molar-refractivity contribution < 1.29 is 0 Å². The second kappa shape index (κ2) is 13.4. The Morgan fingerprint density at radius 3 is 1.55 bits per heavy atom. The van der Waals surface area contributed by atoms with E-state index in [1.807, 2.05) is 11.3 Å². The molecule has 56 heavy (non-hydrogen) atoms. The van der Waals surface area contributed by atoms with Crippen LogP contribution >= 0.6 is 11.3 Å². The van der Waals surface area contributed by atoms with Crippen molar-refractivity contribution in [2.45, 2.75) is 0 Å². The average molecular weight is 730 g/mol. The molecule has 0 saturated heterocycles. The van der Waals surface area contributed by atoms with Crippen LogP contribution in [0.5, 0.6) is 0 Å². The maximum absolute atomic E-state index is 2.40. The van der Waals surface area contributed by atoms with Gasteiger partial charge in [-0.2, -0.15) is 0 Å². The molecule has 0 radical (unpaired) electrons. The minimum absolute atomic E-state index is 1.12. The van der Waals surface area contributed by atoms with E-state index in [4.69, 9.17) is 0 Å². The minimum atomic E-state index is 1.12. The molecule has 0 fully saturated rings. The Kier molecular flexibility index (Phi) is 7.75. The zero-order valence-electron chi connectivity index (χ0n) is 30.6. The Balaban J connectivity index is 1.08. The van der Waals surface area contributed by atoms with E-state index < -0.39 is 0 Å². The maximum atomic E-state index is 2.40. The molecule has 0 aliphatic heterocycles. The van der Waals surface area contributed by atoms with Gasteiger partial charge in [0.2, 0.25) is 0 Å². The van der Waals surface area contributed by atoms with Gasteiger partial charge in [-0.1, -0.05) is 164 Å². The average Bonchev–Trinajstić information content (AvgIpc) is 3.64. The number of hydrogen-bond donors (Lipinski definition) is 0. The molecule has 0 aliphatic carbocycles. The minimum Gasteiger partial charge on any atom is -0.310 e. The second-order valence-electron chi connectivity index (χ2n) is 14.5. The summed E-state index contributed by atoms with van der Waals surface area (Å²) in [5, 5.41) is 10.1. The highest BCUT2D eigenvalue weighted by Gasteiger charge is 2.19. The summed E-state index contributed by atoms with van der Waals surface area (Å²) in [7, 11) is 0. The molecule has 0 spiro atoms. The first kappa shape index (κ1) is 32.4. The van der Waals surface area contributed by atoms with E-state index in [0.29, 0.717) is 0 Å². The summed E-state index contributed by atoms with van der Waals surface area (Å²) in [6.45, 7) is 0. The molecule has 1 nitrogen and oxygen atoms in total. The lowest BCUT2D eigenvalue weighted by Crippen LogP contribution is -2.09. The quantitative estimate of drug-likeness (QED) is 0.154. The summed E-state index contributed by atoms with van der Waals surface area (Å²) in [6, 6.07) is 77.8. The molecular formula is C54H35NS. The van der Waals surface area contributed by atoms with Crippen LogP contribution in [0.1, 0.15) is 0 Å². The molecular weight excluding hydrogens is 695 g/mol. The number of thiophene rings is 1. The third-order valence-electron chi connectivity index (χ3n) is 11.2. The standard InChI is InChI=1S/C54H35NS/c1-3-14-38(15-4-1)53-49-21-10-9-19-45(49)46-31-26-41(34-50(46)54(53)39-16-5-2-6-17-39)37-23-27-42(28-24-37)55(43-29-25-36-13-7-8-18-40(36)33-43)44-30-32-48-47-20-11-12-22-51(47)56-52(48)35-44/h1-35H. The fourth-order valence-corrected chi connectivity index (χ4v) is 9.74. The summed E-state index contributed by atoms with van der Waals surface area (Å²) in [6.07, 6.45) is 0. The van der Waals surface area contributed by atoms with Gasteiger partial charge in [-0.25, -0.2) is 0 Å². The van der Waals surface area contributed by atoms with Crippen molar-refractivity contribution in [1.29, 1.82) is 0 Å². The first-order valence-corrected chi connectivity index (χ1v) is 20.0. The number of anilines is 3. The van der Waals surface area contributed by atoms with E-state index in [-0.39, 0.29) is 0 Å². The number of benzene rings is 10. The zero-order valence-corrected chi connectivity index (χ0v) is 31.4. The summed E-state index contributed by atoms with van der Waals surface area (Å²) < 4.78 is 2.61. The Morgan fingerprint density at radius 2 is 0.786 bits per heavy atom. The van der Waals surface area contributed by atoms with E-state index in [1.54, 1.807) is 0 Å². The predicted octanol–water partition coefficient (Wildman–Crippen LogP) is 16.0. The Labute approximate surface area is 330 Å². The molecule has 0 saturated carbocycles. The van der Waals surface area contributed by atoms with Crippen LogP contribution in [0.2, 0.25) is 0 Å². The van der Waals surface area contributed by atoms with E-state index in [9.17, 15) is 0 Å². The summed E-state index contributed by atoms with van der Waals surface area (Å²) in [5.41, 5.74) is 10.8. The van der Waals surface area contributed by atoms with E-state index >= 15 is 0 Å². The molecule has 0 amide bonds. The van der Waals surface area contributed by atoms with Gasteiger partial charge in [-0.15, -0.1) is 11.3 Å². The zero-order chi connectivity index (χ0) is 37.0. The largest absolute Gasteiger partial charge is 0.310 e. The van der Waals surface area contributed by atoms with Crippen molar-refractivity contribution in [3.63, 3.8) is 0 Å². The third kappa shape index (κ3) is 5.46. The van der Waals surface area contributed by atoms with Gasteiger partial charge in [-0.3, -0.25) is 0 Å². The maximum Gasteiger partial charge on any atom is 0.0476 e. The van der Waals surface area contributed by atoms with Crippen LogP contribution in [0.4, 0.5) is 17.1 Å². The van der Waals surface area contributed by atoms with Gasteiger partial charge < -0.3 is 4.90 Å². The summed E-state index contributed by atoms with van der Waals surface area (Å²) >= 11 is 1.86. The van der Waals surface area contributed by atoms with Crippen LogP contribution in [0.15, 0.2) is 212 Å². The molecule has 0 N–H and O–H groups in total. The first-order valence-electron chi connectivity index (χ1n) is 19.2. The van der Waals surface area contributed by atoms with Crippen molar-refractivity contribution in [2.75, 3.05) is 4.90 Å². The lowest BCUT2D eigenvalue weighted by Gasteiger charge is -2.26. The smallest absolute Gasteiger partial charge is 0.0476 e. The highest BCUT2D eigenvalue weighted by molar-refractivity contribution is 7.25. The number of nitrogens with zero attached hydrogens (tertiary/aromatic N) is 1. The predicted molar refractivity (Wildman–Crippen MR) is 243 cm³/mol. The molecule has 2 heteroatoms. The SMILES string of the molecule is c1ccc(-c2c(-c3ccccc3)c3cc(-c4ccc(N(c5ccc6ccccc6c5)c5ccc6c(c5)sc5ccccc56)cc4)ccc3c3ccccc23)cc1. The molecule has 0 bridgehead atoms. The molecule has 11 rings (SSSR count). The molecule has 262 valence electrons. The van der Waals surface area contributed by atoms with E-state index in [1.165, 1.54) is 85.9 Å². The van der Waals surface area contributed by atoms with Gasteiger partial charge in [0, 0.05) is 37.2 Å². The van der Waals surface area contributed by atoms with Crippen LogP contribution in [-0.4, -0.2) is 0 Å². The highest BCUT2D eigenvalue weighted by atomic mass is 32.1. The number of rotatable bonds is 6. The molecule has 1 heterocycles. The van der Waals surface area contributed by atoms with Gasteiger partial charge in [0.15, 0.2) is 0 Å². The highest BCUT2D eigenvalue weighted by Crippen LogP contribution is 2.46. The molecule has 0 unspecified atom stereocenters. The molecule has 11 aromatic rings. The van der Waals surface area contributed by atoms with Gasteiger partial charge in [-0.05, 0) is 114 Å². The number of fused-ring (bicyclic) bond motifs is 7. The van der Waals surface area contributed by atoms with Crippen molar-refractivity contribution in [2.24, 2.45) is 0 Å². The van der Waals surface area contributed by atoms with Gasteiger partial charge in [0.1, 0.15) is 0 Å². The van der Waals surface area contributed by atoms with Crippen LogP contribution in [0.25, 0.3) is 85.9 Å². The Hall–Kier alpha value is -7.00. The normalized spacial score (nSPS) is 11.6. The van der Waals surface area contributed by atoms with Crippen LogP contribution in [-0.2, 0) is 0 Å². The van der Waals surface area contributed by atoms with Crippen LogP contribution < -0.4 is 4.90 Å². The fourth-order valence-electron chi connectivity index (χ4n) is 8.60. The van der Waals surface area contributed by atoms with Crippen molar-refractivity contribution in [3.05, 3.63) is 212 Å². The van der Waals surface area contributed by atoms with Crippen LogP contribution in [0.3, 0.4) is 0 Å². The lowest BCUT2D eigenvalue weighted by molar-refractivity contribution is 1.30. The molecule has 0 aliphatic rings. The molecule has 1 aromatic heterocycles. The topological polar surface area (TPSA) is 3.24 Å². The molecule has 10 aromatic carbocycles. The van der Waals surface area contributed by atoms with Crippen molar-refractivity contribution in [1.82, 2.24) is 0 Å². The van der Waals surface area contributed by atoms with Crippen molar-refractivity contribution >= 4 is 80.9 Å². The van der Waals surface area contributed by atoms with Crippen molar-refractivity contribution in [3.8, 4) is 33.4 Å². The molecule has 0 atom stereocenters. The Morgan fingerprint density at radius 1 is 0.268 bits per heavy atom. The first-order chi connectivity index (χ1) is 27.8. The lowest BCUT2D eigenvalue weighted by atomic mass is 9.84. The van der Waals surface area contributed by atoms with Crippen LogP contribution in [0, 0.1) is 0 Å². The van der Waals surface area contributed by atoms with Gasteiger partial charge in [0.05, 0.1) is 0 Å². The van der Waals surface area contributed by atoms with E-state index in [2.05, 4.69) is 217 Å². The van der Waals surface area contributed by atoms with Gasteiger partial charge >= 0.3 is 0 Å². The van der Waals surface area contributed by atoms with Gasteiger partial charge in [0.25, 0.3) is 0 Å². The number of hydrogen-bond acceptors (Lipinski definition) is 2. The fraction of sp³-hybridized carbons (Fsp3) is 0. The van der Waals surface area contributed by atoms with E-state index in [0.717, 1.165) is 17.1 Å². The Bertz CT molecular complexity index is 3230. The monoisotopic (exact) mass is 729 g/mol. The second-order valence-corrected chi connectivity index (χ2v) is 15.6. The summed E-state index contributed by atoms with van der Waals surface area (Å²) in [5.74, 6) is 0. The summed E-state index contributed by atoms with van der Waals surface area (Å²) in [4.78, 5) is 2.40. The third-order valence-corrected chi connectivity index (χ3v) is 12.4.